The van der Waals surface area contributed by atoms with Crippen molar-refractivity contribution in [2.75, 3.05) is 19.7 Å². The van der Waals surface area contributed by atoms with Crippen LogP contribution in [-0.4, -0.2) is 47.4 Å². The zero-order valence-corrected chi connectivity index (χ0v) is 19.5. The van der Waals surface area contributed by atoms with E-state index in [1.165, 1.54) is 12.1 Å². The van der Waals surface area contributed by atoms with Crippen molar-refractivity contribution in [3.63, 3.8) is 0 Å². The first-order chi connectivity index (χ1) is 15.8. The van der Waals surface area contributed by atoms with E-state index in [4.69, 9.17) is 4.74 Å². The Kier molecular flexibility index (Phi) is 8.25. The molecular weight excluding hydrogens is 425 g/mol. The van der Waals surface area contributed by atoms with Gasteiger partial charge >= 0.3 is 5.97 Å². The summed E-state index contributed by atoms with van der Waals surface area (Å²) in [6.07, 6.45) is 2.34. The third kappa shape index (κ3) is 6.21. The number of aryl methyl sites for hydroxylation is 1. The Morgan fingerprint density at radius 3 is 2.64 bits per heavy atom. The van der Waals surface area contributed by atoms with Gasteiger partial charge in [0.05, 0.1) is 12.5 Å². The van der Waals surface area contributed by atoms with Gasteiger partial charge in [0.1, 0.15) is 11.5 Å². The largest absolute Gasteiger partial charge is 0.461 e. The van der Waals surface area contributed by atoms with Crippen LogP contribution in [0.3, 0.4) is 0 Å². The fourth-order valence-corrected chi connectivity index (χ4v) is 4.31. The number of aromatic nitrogens is 1. The Hall–Kier alpha value is -3.16. The Morgan fingerprint density at radius 1 is 1.21 bits per heavy atom. The number of ether oxygens (including phenoxy) is 1. The van der Waals surface area contributed by atoms with Gasteiger partial charge in [0.15, 0.2) is 0 Å². The zero-order valence-electron chi connectivity index (χ0n) is 19.5. The number of rotatable bonds is 8. The van der Waals surface area contributed by atoms with Crippen LogP contribution in [0.4, 0.5) is 4.39 Å². The SMILES string of the molecule is CCOC(=O)c1[nH]c(C)c(CCC(=O)N2CCC[C@@H](C(=O)NCc3ccc(F)cc3)C2)c1C. The summed E-state index contributed by atoms with van der Waals surface area (Å²) in [5.74, 6) is -1.04. The number of piperidine rings is 1. The van der Waals surface area contributed by atoms with Crippen molar-refractivity contribution in [1.29, 1.82) is 0 Å². The van der Waals surface area contributed by atoms with Crippen molar-refractivity contribution in [3.8, 4) is 0 Å². The molecule has 2 heterocycles. The summed E-state index contributed by atoms with van der Waals surface area (Å²) in [6, 6.07) is 6.02. The lowest BCUT2D eigenvalue weighted by Gasteiger charge is -2.32. The Balaban J connectivity index is 1.53. The number of nitrogens with zero attached hydrogens (tertiary/aromatic N) is 1. The topological polar surface area (TPSA) is 91.5 Å². The van der Waals surface area contributed by atoms with Gasteiger partial charge in [0.25, 0.3) is 0 Å². The van der Waals surface area contributed by atoms with Crippen LogP contribution in [0.1, 0.15) is 59.1 Å². The minimum Gasteiger partial charge on any atom is -0.461 e. The van der Waals surface area contributed by atoms with Gasteiger partial charge in [-0.3, -0.25) is 9.59 Å². The van der Waals surface area contributed by atoms with Crippen LogP contribution in [0.5, 0.6) is 0 Å². The minimum absolute atomic E-state index is 0.00344. The van der Waals surface area contributed by atoms with E-state index in [1.807, 2.05) is 13.8 Å². The minimum atomic E-state index is -0.388. The molecule has 0 unspecified atom stereocenters. The fraction of sp³-hybridized carbons (Fsp3) is 0.480. The molecule has 3 rings (SSSR count). The van der Waals surface area contributed by atoms with Crippen LogP contribution >= 0.6 is 0 Å². The number of likely N-dealkylation sites (tertiary alicyclic amines) is 1. The maximum atomic E-state index is 13.0. The molecule has 0 radical (unpaired) electrons. The molecule has 0 aliphatic carbocycles. The molecule has 1 fully saturated rings. The van der Waals surface area contributed by atoms with Crippen molar-refractivity contribution in [2.45, 2.75) is 53.0 Å². The number of aromatic amines is 1. The third-order valence-electron chi connectivity index (χ3n) is 6.19. The van der Waals surface area contributed by atoms with Crippen LogP contribution in [0.2, 0.25) is 0 Å². The number of amides is 2. The Morgan fingerprint density at radius 2 is 1.94 bits per heavy atom. The maximum Gasteiger partial charge on any atom is 0.355 e. The standard InChI is InChI=1S/C25H32FN3O4/c1-4-33-25(32)23-16(2)21(17(3)28-23)11-12-22(30)29-13-5-6-19(15-29)24(31)27-14-18-7-9-20(26)10-8-18/h7-10,19,28H,4-6,11-15H2,1-3H3,(H,27,31)/t19-/m1/s1. The highest BCUT2D eigenvalue weighted by molar-refractivity contribution is 5.90. The van der Waals surface area contributed by atoms with Gasteiger partial charge in [0.2, 0.25) is 11.8 Å². The quantitative estimate of drug-likeness (QED) is 0.594. The highest BCUT2D eigenvalue weighted by Gasteiger charge is 2.28. The van der Waals surface area contributed by atoms with Crippen molar-refractivity contribution in [2.24, 2.45) is 5.92 Å². The molecule has 1 aromatic heterocycles. The summed E-state index contributed by atoms with van der Waals surface area (Å²) in [4.78, 5) is 42.4. The molecule has 2 N–H and O–H groups in total. The summed E-state index contributed by atoms with van der Waals surface area (Å²) in [5.41, 5.74) is 3.90. The van der Waals surface area contributed by atoms with Crippen LogP contribution < -0.4 is 5.32 Å². The van der Waals surface area contributed by atoms with Crippen molar-refractivity contribution < 1.29 is 23.5 Å². The van der Waals surface area contributed by atoms with Gasteiger partial charge in [-0.15, -0.1) is 0 Å². The summed E-state index contributed by atoms with van der Waals surface area (Å²) in [6.45, 7) is 7.18. The molecule has 1 aliphatic heterocycles. The fourth-order valence-electron chi connectivity index (χ4n) is 4.31. The van der Waals surface area contributed by atoms with Crippen LogP contribution in [0.15, 0.2) is 24.3 Å². The molecule has 0 spiro atoms. The molecule has 33 heavy (non-hydrogen) atoms. The van der Waals surface area contributed by atoms with E-state index in [0.29, 0.717) is 44.8 Å². The van der Waals surface area contributed by atoms with Crippen LogP contribution in [0, 0.1) is 25.6 Å². The van der Waals surface area contributed by atoms with Gasteiger partial charge in [-0.25, -0.2) is 9.18 Å². The summed E-state index contributed by atoms with van der Waals surface area (Å²) < 4.78 is 18.1. The second-order valence-electron chi connectivity index (χ2n) is 8.47. The van der Waals surface area contributed by atoms with Crippen molar-refractivity contribution >= 4 is 17.8 Å². The first-order valence-electron chi connectivity index (χ1n) is 11.4. The van der Waals surface area contributed by atoms with Crippen molar-refractivity contribution in [1.82, 2.24) is 15.2 Å². The molecule has 7 nitrogen and oxygen atoms in total. The number of nitrogens with one attached hydrogen (secondary N) is 2. The van der Waals surface area contributed by atoms with E-state index in [-0.39, 0.29) is 29.5 Å². The number of carbonyl (C=O) groups is 3. The van der Waals surface area contributed by atoms with Gasteiger partial charge < -0.3 is 19.9 Å². The van der Waals surface area contributed by atoms with Crippen molar-refractivity contribution in [3.05, 3.63) is 58.2 Å². The molecule has 0 saturated carbocycles. The van der Waals surface area contributed by atoms with E-state index >= 15 is 0 Å². The molecule has 1 aliphatic rings. The van der Waals surface area contributed by atoms with E-state index in [1.54, 1.807) is 24.0 Å². The average molecular weight is 458 g/mol. The third-order valence-corrected chi connectivity index (χ3v) is 6.19. The van der Waals surface area contributed by atoms with E-state index < -0.39 is 0 Å². The lowest BCUT2D eigenvalue weighted by Crippen LogP contribution is -2.45. The monoisotopic (exact) mass is 457 g/mol. The highest BCUT2D eigenvalue weighted by Crippen LogP contribution is 2.22. The second kappa shape index (κ2) is 11.1. The number of benzene rings is 1. The Bertz CT molecular complexity index is 1000. The predicted molar refractivity (Wildman–Crippen MR) is 122 cm³/mol. The van der Waals surface area contributed by atoms with Crippen LogP contribution in [0.25, 0.3) is 0 Å². The molecule has 178 valence electrons. The summed E-state index contributed by atoms with van der Waals surface area (Å²) >= 11 is 0. The number of carbonyl (C=O) groups excluding carboxylic acids is 3. The first kappa shape index (κ1) is 24.5. The van der Waals surface area contributed by atoms with Crippen LogP contribution in [-0.2, 0) is 27.3 Å². The van der Waals surface area contributed by atoms with E-state index in [0.717, 1.165) is 35.2 Å². The van der Waals surface area contributed by atoms with Gasteiger partial charge in [0, 0.05) is 31.7 Å². The summed E-state index contributed by atoms with van der Waals surface area (Å²) in [7, 11) is 0. The second-order valence-corrected chi connectivity index (χ2v) is 8.47. The van der Waals surface area contributed by atoms with Gasteiger partial charge in [-0.2, -0.15) is 0 Å². The highest BCUT2D eigenvalue weighted by atomic mass is 19.1. The molecule has 2 aromatic rings. The number of hydrogen-bond donors (Lipinski definition) is 2. The zero-order chi connectivity index (χ0) is 24.0. The average Bonchev–Trinajstić information content (AvgIpc) is 3.10. The summed E-state index contributed by atoms with van der Waals surface area (Å²) in [5, 5.41) is 2.90. The number of halogens is 1. The van der Waals surface area contributed by atoms with Gasteiger partial charge in [-0.05, 0) is 68.9 Å². The van der Waals surface area contributed by atoms with Gasteiger partial charge in [-0.1, -0.05) is 12.1 Å². The lowest BCUT2D eigenvalue weighted by atomic mass is 9.96. The molecule has 0 bridgehead atoms. The first-order valence-corrected chi connectivity index (χ1v) is 11.4. The smallest absolute Gasteiger partial charge is 0.355 e. The molecule has 1 atom stereocenters. The number of H-pyrrole nitrogens is 1. The van der Waals surface area contributed by atoms with E-state index in [2.05, 4.69) is 10.3 Å². The lowest BCUT2D eigenvalue weighted by molar-refractivity contribution is -0.135. The molecule has 1 aromatic carbocycles. The maximum absolute atomic E-state index is 13.0. The molecule has 8 heteroatoms. The molecule has 1 saturated heterocycles. The normalized spacial score (nSPS) is 15.9. The Labute approximate surface area is 193 Å². The van der Waals surface area contributed by atoms with E-state index in [9.17, 15) is 18.8 Å². The predicted octanol–water partition coefficient (Wildman–Crippen LogP) is 3.43. The molecular formula is C25H32FN3O4. The molecule has 2 amide bonds. The number of esters is 1. The number of hydrogen-bond acceptors (Lipinski definition) is 4.